The Bertz CT molecular complexity index is 290. The second-order valence-corrected chi connectivity index (χ2v) is 4.89. The van der Waals surface area contributed by atoms with E-state index in [9.17, 15) is 9.59 Å². The number of rotatable bonds is 3. The number of amides is 2. The molecule has 0 aliphatic carbocycles. The number of piperidine rings is 1. The first-order valence-corrected chi connectivity index (χ1v) is 6.30. The maximum atomic E-state index is 12.1. The van der Waals surface area contributed by atoms with E-state index in [-0.39, 0.29) is 23.8 Å². The van der Waals surface area contributed by atoms with Gasteiger partial charge in [-0.25, -0.2) is 0 Å². The van der Waals surface area contributed by atoms with E-state index in [1.54, 1.807) is 4.90 Å². The van der Waals surface area contributed by atoms with Crippen LogP contribution < -0.4 is 5.32 Å². The molecule has 0 saturated carbocycles. The van der Waals surface area contributed by atoms with Crippen LogP contribution in [0.4, 0.5) is 0 Å². The zero-order chi connectivity index (χ0) is 12.3. The highest BCUT2D eigenvalue weighted by Crippen LogP contribution is 2.17. The molecule has 2 atom stereocenters. The lowest BCUT2D eigenvalue weighted by Gasteiger charge is -2.28. The van der Waals surface area contributed by atoms with E-state index < -0.39 is 0 Å². The summed E-state index contributed by atoms with van der Waals surface area (Å²) in [6.07, 6.45) is 3.46. The number of carbonyl (C=O) groups is 2. The van der Waals surface area contributed by atoms with Crippen LogP contribution in [0.15, 0.2) is 0 Å². The fourth-order valence-electron chi connectivity index (χ4n) is 2.44. The van der Waals surface area contributed by atoms with E-state index in [2.05, 4.69) is 5.32 Å². The maximum Gasteiger partial charge on any atom is 0.227 e. The first-order valence-electron chi connectivity index (χ1n) is 6.30. The Morgan fingerprint density at radius 2 is 2.35 bits per heavy atom. The predicted molar refractivity (Wildman–Crippen MR) is 62.3 cm³/mol. The van der Waals surface area contributed by atoms with E-state index in [0.29, 0.717) is 25.9 Å². The first-order chi connectivity index (χ1) is 8.16. The van der Waals surface area contributed by atoms with Gasteiger partial charge in [0.05, 0.1) is 12.0 Å². The van der Waals surface area contributed by atoms with Crippen LogP contribution >= 0.6 is 0 Å². The van der Waals surface area contributed by atoms with Crippen LogP contribution in [0.2, 0.25) is 0 Å². The Kier molecular flexibility index (Phi) is 3.99. The van der Waals surface area contributed by atoms with Gasteiger partial charge < -0.3 is 15.0 Å². The summed E-state index contributed by atoms with van der Waals surface area (Å²) in [5, 5.41) is 2.74. The highest BCUT2D eigenvalue weighted by Gasteiger charge is 2.28. The molecule has 0 bridgehead atoms. The molecule has 0 spiro atoms. The molecule has 2 amide bonds. The SMILES string of the molecule is CN(CC1CCCO1)C(=O)C1CCC(=O)NC1. The highest BCUT2D eigenvalue weighted by atomic mass is 16.5. The summed E-state index contributed by atoms with van der Waals surface area (Å²) >= 11 is 0. The largest absolute Gasteiger partial charge is 0.376 e. The summed E-state index contributed by atoms with van der Waals surface area (Å²) < 4.78 is 5.51. The molecule has 0 aromatic rings. The molecule has 5 heteroatoms. The van der Waals surface area contributed by atoms with Crippen molar-refractivity contribution in [1.82, 2.24) is 10.2 Å². The van der Waals surface area contributed by atoms with Crippen molar-refractivity contribution in [2.24, 2.45) is 5.92 Å². The molecule has 2 unspecified atom stereocenters. The molecule has 96 valence electrons. The molecular formula is C12H20N2O3. The summed E-state index contributed by atoms with van der Waals surface area (Å²) in [4.78, 5) is 24.9. The third-order valence-electron chi connectivity index (χ3n) is 3.49. The number of ether oxygens (including phenoxy) is 1. The summed E-state index contributed by atoms with van der Waals surface area (Å²) in [6, 6.07) is 0. The van der Waals surface area contributed by atoms with E-state index in [1.165, 1.54) is 0 Å². The molecule has 1 N–H and O–H groups in total. The number of nitrogens with zero attached hydrogens (tertiary/aromatic N) is 1. The zero-order valence-corrected chi connectivity index (χ0v) is 10.3. The van der Waals surface area contributed by atoms with E-state index in [1.807, 2.05) is 7.05 Å². The van der Waals surface area contributed by atoms with Crippen molar-refractivity contribution in [1.29, 1.82) is 0 Å². The standard InChI is InChI=1S/C12H20N2O3/c1-14(8-10-3-2-6-17-10)12(16)9-4-5-11(15)13-7-9/h9-10H,2-8H2,1H3,(H,13,15). The van der Waals surface area contributed by atoms with Crippen LogP contribution in [0, 0.1) is 5.92 Å². The van der Waals surface area contributed by atoms with Crippen LogP contribution in [0.25, 0.3) is 0 Å². The van der Waals surface area contributed by atoms with Crippen LogP contribution in [-0.2, 0) is 14.3 Å². The van der Waals surface area contributed by atoms with Gasteiger partial charge in [-0.05, 0) is 19.3 Å². The quantitative estimate of drug-likeness (QED) is 0.764. The molecule has 2 heterocycles. The van der Waals surface area contributed by atoms with Crippen molar-refractivity contribution in [2.75, 3.05) is 26.7 Å². The van der Waals surface area contributed by atoms with Gasteiger partial charge in [-0.3, -0.25) is 9.59 Å². The minimum absolute atomic E-state index is 0.0517. The number of hydrogen-bond acceptors (Lipinski definition) is 3. The molecule has 0 radical (unpaired) electrons. The fourth-order valence-corrected chi connectivity index (χ4v) is 2.44. The third-order valence-corrected chi connectivity index (χ3v) is 3.49. The van der Waals surface area contributed by atoms with Crippen molar-refractivity contribution in [3.63, 3.8) is 0 Å². The van der Waals surface area contributed by atoms with Gasteiger partial charge in [0, 0.05) is 33.2 Å². The number of hydrogen-bond donors (Lipinski definition) is 1. The third kappa shape index (κ3) is 3.19. The summed E-state index contributed by atoms with van der Waals surface area (Å²) in [5.41, 5.74) is 0. The lowest BCUT2D eigenvalue weighted by atomic mass is 9.97. The molecule has 17 heavy (non-hydrogen) atoms. The second-order valence-electron chi connectivity index (χ2n) is 4.89. The zero-order valence-electron chi connectivity index (χ0n) is 10.3. The number of carbonyl (C=O) groups excluding carboxylic acids is 2. The van der Waals surface area contributed by atoms with Gasteiger partial charge in [0.15, 0.2) is 0 Å². The molecule has 2 aliphatic rings. The molecule has 0 aromatic carbocycles. The lowest BCUT2D eigenvalue weighted by molar-refractivity contribution is -0.137. The van der Waals surface area contributed by atoms with Gasteiger partial charge in [0.1, 0.15) is 0 Å². The monoisotopic (exact) mass is 240 g/mol. The summed E-state index contributed by atoms with van der Waals surface area (Å²) in [5.74, 6) is 0.121. The van der Waals surface area contributed by atoms with Crippen LogP contribution in [0.5, 0.6) is 0 Å². The van der Waals surface area contributed by atoms with Gasteiger partial charge in [-0.1, -0.05) is 0 Å². The topological polar surface area (TPSA) is 58.6 Å². The average molecular weight is 240 g/mol. The molecule has 0 aromatic heterocycles. The predicted octanol–water partition coefficient (Wildman–Crippen LogP) is 0.150. The molecule has 2 saturated heterocycles. The normalized spacial score (nSPS) is 28.9. The summed E-state index contributed by atoms with van der Waals surface area (Å²) in [7, 11) is 1.82. The van der Waals surface area contributed by atoms with Crippen molar-refractivity contribution < 1.29 is 14.3 Å². The van der Waals surface area contributed by atoms with E-state index in [4.69, 9.17) is 4.74 Å². The van der Waals surface area contributed by atoms with Crippen LogP contribution in [0.3, 0.4) is 0 Å². The van der Waals surface area contributed by atoms with Crippen molar-refractivity contribution >= 4 is 11.8 Å². The van der Waals surface area contributed by atoms with Gasteiger partial charge >= 0.3 is 0 Å². The summed E-state index contributed by atoms with van der Waals surface area (Å²) in [6.45, 7) is 1.96. The Morgan fingerprint density at radius 1 is 1.53 bits per heavy atom. The Labute approximate surface area is 101 Å². The molecule has 5 nitrogen and oxygen atoms in total. The smallest absolute Gasteiger partial charge is 0.227 e. The minimum Gasteiger partial charge on any atom is -0.376 e. The lowest BCUT2D eigenvalue weighted by Crippen LogP contribution is -2.45. The Hall–Kier alpha value is -1.10. The van der Waals surface area contributed by atoms with E-state index >= 15 is 0 Å². The highest BCUT2D eigenvalue weighted by molar-refractivity contribution is 5.83. The minimum atomic E-state index is -0.0564. The van der Waals surface area contributed by atoms with E-state index in [0.717, 1.165) is 19.4 Å². The van der Waals surface area contributed by atoms with Gasteiger partial charge in [0.2, 0.25) is 11.8 Å². The second kappa shape index (κ2) is 5.49. The average Bonchev–Trinajstić information content (AvgIpc) is 2.82. The van der Waals surface area contributed by atoms with Crippen LogP contribution in [0.1, 0.15) is 25.7 Å². The number of nitrogens with one attached hydrogen (secondary N) is 1. The van der Waals surface area contributed by atoms with Crippen molar-refractivity contribution in [2.45, 2.75) is 31.8 Å². The van der Waals surface area contributed by atoms with Gasteiger partial charge in [-0.2, -0.15) is 0 Å². The van der Waals surface area contributed by atoms with Crippen molar-refractivity contribution in [3.8, 4) is 0 Å². The van der Waals surface area contributed by atoms with Gasteiger partial charge in [-0.15, -0.1) is 0 Å². The molecular weight excluding hydrogens is 220 g/mol. The Balaban J connectivity index is 1.79. The first kappa shape index (κ1) is 12.4. The fraction of sp³-hybridized carbons (Fsp3) is 0.833. The maximum absolute atomic E-state index is 12.1. The molecule has 2 aliphatic heterocycles. The van der Waals surface area contributed by atoms with Gasteiger partial charge in [0.25, 0.3) is 0 Å². The van der Waals surface area contributed by atoms with Crippen molar-refractivity contribution in [3.05, 3.63) is 0 Å². The molecule has 2 rings (SSSR count). The molecule has 2 fully saturated rings. The van der Waals surface area contributed by atoms with Crippen LogP contribution in [-0.4, -0.2) is 49.6 Å². The Morgan fingerprint density at radius 3 is 2.94 bits per heavy atom. The number of likely N-dealkylation sites (N-methyl/N-ethyl adjacent to an activating group) is 1.